The van der Waals surface area contributed by atoms with Gasteiger partial charge in [-0.2, -0.15) is 0 Å². The van der Waals surface area contributed by atoms with Crippen LogP contribution in [0.15, 0.2) is 24.3 Å². The van der Waals surface area contributed by atoms with Gasteiger partial charge in [-0.05, 0) is 36.9 Å². The average molecular weight is 265 g/mol. The second-order valence-electron chi connectivity index (χ2n) is 5.27. The van der Waals surface area contributed by atoms with E-state index in [-0.39, 0.29) is 5.82 Å². The summed E-state index contributed by atoms with van der Waals surface area (Å²) in [5.41, 5.74) is 0.836. The van der Waals surface area contributed by atoms with Crippen LogP contribution in [0.1, 0.15) is 52.0 Å². The van der Waals surface area contributed by atoms with Crippen LogP contribution in [0, 0.1) is 11.7 Å². The van der Waals surface area contributed by atoms with Gasteiger partial charge < -0.3 is 5.32 Å². The fourth-order valence-electron chi connectivity index (χ4n) is 2.72. The SMILES string of the molecule is CCCCC(CC)C(Cc1ccccc1F)NCC. The van der Waals surface area contributed by atoms with Crippen molar-refractivity contribution in [3.63, 3.8) is 0 Å². The van der Waals surface area contributed by atoms with E-state index in [9.17, 15) is 4.39 Å². The number of hydrogen-bond donors (Lipinski definition) is 1. The molecule has 0 spiro atoms. The first-order chi connectivity index (χ1) is 9.22. The quantitative estimate of drug-likeness (QED) is 0.690. The van der Waals surface area contributed by atoms with Crippen LogP contribution >= 0.6 is 0 Å². The highest BCUT2D eigenvalue weighted by Crippen LogP contribution is 2.21. The molecule has 0 aliphatic carbocycles. The van der Waals surface area contributed by atoms with E-state index in [0.717, 1.165) is 24.9 Å². The molecule has 0 aliphatic rings. The van der Waals surface area contributed by atoms with Crippen molar-refractivity contribution in [2.75, 3.05) is 6.54 Å². The molecule has 0 saturated heterocycles. The summed E-state index contributed by atoms with van der Waals surface area (Å²) < 4.78 is 13.8. The number of nitrogens with one attached hydrogen (secondary N) is 1. The van der Waals surface area contributed by atoms with E-state index in [1.807, 2.05) is 12.1 Å². The number of unbranched alkanes of at least 4 members (excludes halogenated alkanes) is 1. The number of likely N-dealkylation sites (N-methyl/N-ethyl adjacent to an activating group) is 1. The Kier molecular flexibility index (Phi) is 7.73. The Morgan fingerprint density at radius 3 is 2.47 bits per heavy atom. The molecule has 0 aliphatic heterocycles. The highest BCUT2D eigenvalue weighted by atomic mass is 19.1. The topological polar surface area (TPSA) is 12.0 Å². The highest BCUT2D eigenvalue weighted by molar-refractivity contribution is 5.18. The third-order valence-corrected chi connectivity index (χ3v) is 3.89. The Hall–Kier alpha value is -0.890. The van der Waals surface area contributed by atoms with E-state index in [2.05, 4.69) is 26.1 Å². The first kappa shape index (κ1) is 16.2. The summed E-state index contributed by atoms with van der Waals surface area (Å²) >= 11 is 0. The van der Waals surface area contributed by atoms with Crippen LogP contribution in [0.2, 0.25) is 0 Å². The number of benzene rings is 1. The van der Waals surface area contributed by atoms with Crippen LogP contribution in [0.4, 0.5) is 4.39 Å². The average Bonchev–Trinajstić information content (AvgIpc) is 2.42. The van der Waals surface area contributed by atoms with E-state index < -0.39 is 0 Å². The fourth-order valence-corrected chi connectivity index (χ4v) is 2.72. The predicted octanol–water partition coefficient (Wildman–Crippen LogP) is 4.56. The Labute approximate surface area is 117 Å². The lowest BCUT2D eigenvalue weighted by molar-refractivity contribution is 0.317. The van der Waals surface area contributed by atoms with E-state index in [4.69, 9.17) is 0 Å². The minimum atomic E-state index is -0.0734. The summed E-state index contributed by atoms with van der Waals surface area (Å²) in [6.07, 6.45) is 5.68. The maximum atomic E-state index is 13.8. The van der Waals surface area contributed by atoms with Crippen molar-refractivity contribution in [3.8, 4) is 0 Å². The fraction of sp³-hybridized carbons (Fsp3) is 0.647. The second kappa shape index (κ2) is 9.08. The molecular weight excluding hydrogens is 237 g/mol. The van der Waals surface area contributed by atoms with Gasteiger partial charge in [-0.25, -0.2) is 4.39 Å². The van der Waals surface area contributed by atoms with Gasteiger partial charge in [0, 0.05) is 6.04 Å². The molecule has 0 saturated carbocycles. The third kappa shape index (κ3) is 5.32. The van der Waals surface area contributed by atoms with E-state index in [1.54, 1.807) is 12.1 Å². The van der Waals surface area contributed by atoms with Crippen molar-refractivity contribution in [3.05, 3.63) is 35.6 Å². The third-order valence-electron chi connectivity index (χ3n) is 3.89. The van der Waals surface area contributed by atoms with Crippen molar-refractivity contribution < 1.29 is 4.39 Å². The zero-order valence-corrected chi connectivity index (χ0v) is 12.6. The summed E-state index contributed by atoms with van der Waals surface area (Å²) in [6.45, 7) is 7.54. The van der Waals surface area contributed by atoms with Crippen LogP contribution in [0.5, 0.6) is 0 Å². The molecule has 2 atom stereocenters. The largest absolute Gasteiger partial charge is 0.314 e. The van der Waals surface area contributed by atoms with Crippen molar-refractivity contribution in [1.29, 1.82) is 0 Å². The second-order valence-corrected chi connectivity index (χ2v) is 5.27. The van der Waals surface area contributed by atoms with Gasteiger partial charge in [-0.1, -0.05) is 58.2 Å². The zero-order chi connectivity index (χ0) is 14.1. The lowest BCUT2D eigenvalue weighted by atomic mass is 9.87. The molecule has 1 aromatic rings. The molecule has 0 heterocycles. The standard InChI is InChI=1S/C17H28FN/c1-4-7-10-14(5-2)17(19-6-3)13-15-11-8-9-12-16(15)18/h8-9,11-12,14,17,19H,4-7,10,13H2,1-3H3. The zero-order valence-electron chi connectivity index (χ0n) is 12.6. The van der Waals surface area contributed by atoms with Crippen LogP contribution in [-0.2, 0) is 6.42 Å². The molecule has 1 rings (SSSR count). The van der Waals surface area contributed by atoms with Gasteiger partial charge in [-0.3, -0.25) is 0 Å². The molecule has 1 N–H and O–H groups in total. The lowest BCUT2D eigenvalue weighted by Crippen LogP contribution is -2.38. The number of halogens is 1. The molecular formula is C17H28FN. The molecule has 0 radical (unpaired) electrons. The molecule has 19 heavy (non-hydrogen) atoms. The maximum Gasteiger partial charge on any atom is 0.126 e. The molecule has 2 unspecified atom stereocenters. The van der Waals surface area contributed by atoms with Crippen LogP contribution in [0.25, 0.3) is 0 Å². The van der Waals surface area contributed by atoms with Gasteiger partial charge in [0.15, 0.2) is 0 Å². The van der Waals surface area contributed by atoms with Gasteiger partial charge in [-0.15, -0.1) is 0 Å². The summed E-state index contributed by atoms with van der Waals surface area (Å²) in [4.78, 5) is 0. The minimum absolute atomic E-state index is 0.0734. The molecule has 0 fully saturated rings. The van der Waals surface area contributed by atoms with Gasteiger partial charge in [0.25, 0.3) is 0 Å². The van der Waals surface area contributed by atoms with E-state index in [1.165, 1.54) is 19.3 Å². The van der Waals surface area contributed by atoms with Gasteiger partial charge >= 0.3 is 0 Å². The molecule has 108 valence electrons. The number of hydrogen-bond acceptors (Lipinski definition) is 1. The molecule has 2 heteroatoms. The summed E-state index contributed by atoms with van der Waals surface area (Å²) in [6, 6.07) is 7.54. The first-order valence-electron chi connectivity index (χ1n) is 7.69. The van der Waals surface area contributed by atoms with Gasteiger partial charge in [0.2, 0.25) is 0 Å². The van der Waals surface area contributed by atoms with E-state index in [0.29, 0.717) is 12.0 Å². The summed E-state index contributed by atoms with van der Waals surface area (Å²) in [5.74, 6) is 0.565. The normalized spacial score (nSPS) is 14.3. The van der Waals surface area contributed by atoms with Crippen molar-refractivity contribution in [2.45, 2.75) is 58.9 Å². The van der Waals surface area contributed by atoms with Gasteiger partial charge in [0.05, 0.1) is 0 Å². The van der Waals surface area contributed by atoms with Crippen molar-refractivity contribution in [2.24, 2.45) is 5.92 Å². The molecule has 0 bridgehead atoms. The van der Waals surface area contributed by atoms with E-state index >= 15 is 0 Å². The highest BCUT2D eigenvalue weighted by Gasteiger charge is 2.20. The summed E-state index contributed by atoms with van der Waals surface area (Å²) in [5, 5.41) is 3.55. The predicted molar refractivity (Wildman–Crippen MR) is 80.9 cm³/mol. The number of rotatable bonds is 9. The Morgan fingerprint density at radius 1 is 1.16 bits per heavy atom. The van der Waals surface area contributed by atoms with Crippen LogP contribution in [-0.4, -0.2) is 12.6 Å². The molecule has 1 aromatic carbocycles. The van der Waals surface area contributed by atoms with Crippen molar-refractivity contribution in [1.82, 2.24) is 5.32 Å². The molecule has 0 aromatic heterocycles. The monoisotopic (exact) mass is 265 g/mol. The Morgan fingerprint density at radius 2 is 1.89 bits per heavy atom. The first-order valence-corrected chi connectivity index (χ1v) is 7.69. The lowest BCUT2D eigenvalue weighted by Gasteiger charge is -2.27. The molecule has 1 nitrogen and oxygen atoms in total. The van der Waals surface area contributed by atoms with Crippen LogP contribution < -0.4 is 5.32 Å². The Bertz CT molecular complexity index is 351. The minimum Gasteiger partial charge on any atom is -0.314 e. The molecule has 0 amide bonds. The Balaban J connectivity index is 2.72. The van der Waals surface area contributed by atoms with Crippen molar-refractivity contribution >= 4 is 0 Å². The maximum absolute atomic E-state index is 13.8. The summed E-state index contributed by atoms with van der Waals surface area (Å²) in [7, 11) is 0. The van der Waals surface area contributed by atoms with Gasteiger partial charge in [0.1, 0.15) is 5.82 Å². The smallest absolute Gasteiger partial charge is 0.126 e. The van der Waals surface area contributed by atoms with Crippen LogP contribution in [0.3, 0.4) is 0 Å².